The maximum Gasteiger partial charge on any atom is 0.114 e. The van der Waals surface area contributed by atoms with Gasteiger partial charge in [0.05, 0.1) is 0 Å². The van der Waals surface area contributed by atoms with E-state index in [1.165, 1.54) is 0 Å². The third kappa shape index (κ3) is 5.13. The second-order valence-corrected chi connectivity index (χ2v) is 1.97. The molecule has 1 atom stereocenters. The topological polar surface area (TPSA) is 20.2 Å². The molecule has 0 aliphatic carbocycles. The van der Waals surface area contributed by atoms with Gasteiger partial charge < -0.3 is 5.11 Å². The predicted octanol–water partition coefficient (Wildman–Crippen LogP) is 1.34. The molecule has 0 heterocycles. The van der Waals surface area contributed by atoms with Gasteiger partial charge in [0, 0.05) is 0 Å². The molecule has 50 valence electrons. The lowest BCUT2D eigenvalue weighted by molar-refractivity contribution is 0.228. The van der Waals surface area contributed by atoms with E-state index in [-0.39, 0.29) is 0 Å². The standard InChI is InChI=1S/C8H12O/c1-4-8(9)6-5-7(2)3/h8-9H,2,4H2,1,3H3/t8-/m1/s1. The Morgan fingerprint density at radius 3 is 2.67 bits per heavy atom. The van der Waals surface area contributed by atoms with E-state index in [2.05, 4.69) is 18.4 Å². The summed E-state index contributed by atoms with van der Waals surface area (Å²) in [6.07, 6.45) is 0.196. The maximum absolute atomic E-state index is 8.89. The summed E-state index contributed by atoms with van der Waals surface area (Å²) in [5.74, 6) is 5.34. The van der Waals surface area contributed by atoms with Crippen LogP contribution in [0.2, 0.25) is 0 Å². The summed E-state index contributed by atoms with van der Waals surface area (Å²) >= 11 is 0. The molecule has 0 aromatic carbocycles. The van der Waals surface area contributed by atoms with Crippen LogP contribution in [0.15, 0.2) is 12.2 Å². The van der Waals surface area contributed by atoms with E-state index in [0.29, 0.717) is 6.42 Å². The minimum absolute atomic E-state index is 0.485. The Bertz CT molecular complexity index is 148. The zero-order chi connectivity index (χ0) is 7.28. The smallest absolute Gasteiger partial charge is 0.114 e. The van der Waals surface area contributed by atoms with E-state index in [0.717, 1.165) is 5.57 Å². The summed E-state index contributed by atoms with van der Waals surface area (Å²) in [5.41, 5.74) is 0.794. The Morgan fingerprint density at radius 2 is 2.33 bits per heavy atom. The van der Waals surface area contributed by atoms with Crippen LogP contribution in [0.3, 0.4) is 0 Å². The number of aliphatic hydroxyl groups is 1. The van der Waals surface area contributed by atoms with Crippen molar-refractivity contribution in [2.45, 2.75) is 26.4 Å². The predicted molar refractivity (Wildman–Crippen MR) is 38.9 cm³/mol. The molecular formula is C8H12O. The lowest BCUT2D eigenvalue weighted by Gasteiger charge is -1.92. The fraction of sp³-hybridized carbons (Fsp3) is 0.500. The van der Waals surface area contributed by atoms with Crippen molar-refractivity contribution in [1.82, 2.24) is 0 Å². The quantitative estimate of drug-likeness (QED) is 0.523. The van der Waals surface area contributed by atoms with E-state index in [1.807, 2.05) is 13.8 Å². The van der Waals surface area contributed by atoms with Gasteiger partial charge in [0.25, 0.3) is 0 Å². The SMILES string of the molecule is C=C(C)C#C[C@H](O)CC. The van der Waals surface area contributed by atoms with Crippen molar-refractivity contribution in [3.63, 3.8) is 0 Å². The lowest BCUT2D eigenvalue weighted by Crippen LogP contribution is -1.98. The number of rotatable bonds is 1. The molecule has 0 amide bonds. The molecule has 1 nitrogen and oxygen atoms in total. The van der Waals surface area contributed by atoms with Crippen LogP contribution >= 0.6 is 0 Å². The zero-order valence-electron chi connectivity index (χ0n) is 5.94. The molecule has 1 heteroatoms. The highest BCUT2D eigenvalue weighted by atomic mass is 16.3. The van der Waals surface area contributed by atoms with Crippen LogP contribution in [0.4, 0.5) is 0 Å². The maximum atomic E-state index is 8.89. The number of allylic oxidation sites excluding steroid dienone is 1. The summed E-state index contributed by atoms with van der Waals surface area (Å²) in [6, 6.07) is 0. The summed E-state index contributed by atoms with van der Waals surface area (Å²) < 4.78 is 0. The van der Waals surface area contributed by atoms with Gasteiger partial charge in [-0.05, 0) is 18.9 Å². The van der Waals surface area contributed by atoms with E-state index >= 15 is 0 Å². The van der Waals surface area contributed by atoms with Gasteiger partial charge in [-0.1, -0.05) is 25.3 Å². The van der Waals surface area contributed by atoms with Gasteiger partial charge >= 0.3 is 0 Å². The average molecular weight is 124 g/mol. The molecule has 0 saturated heterocycles. The second-order valence-electron chi connectivity index (χ2n) is 1.97. The van der Waals surface area contributed by atoms with Crippen LogP contribution in [-0.4, -0.2) is 11.2 Å². The molecule has 1 N–H and O–H groups in total. The molecule has 0 spiro atoms. The molecule has 0 saturated carbocycles. The Hall–Kier alpha value is -0.740. The van der Waals surface area contributed by atoms with Gasteiger partial charge in [-0.3, -0.25) is 0 Å². The number of hydrogen-bond donors (Lipinski definition) is 1. The Balaban J connectivity index is 3.72. The summed E-state index contributed by atoms with van der Waals surface area (Å²) in [6.45, 7) is 7.28. The van der Waals surface area contributed by atoms with Crippen LogP contribution in [0.5, 0.6) is 0 Å². The monoisotopic (exact) mass is 124 g/mol. The van der Waals surface area contributed by atoms with E-state index in [9.17, 15) is 0 Å². The molecular weight excluding hydrogens is 112 g/mol. The molecule has 0 bridgehead atoms. The van der Waals surface area contributed by atoms with E-state index in [1.54, 1.807) is 0 Å². The van der Waals surface area contributed by atoms with Crippen LogP contribution in [-0.2, 0) is 0 Å². The van der Waals surface area contributed by atoms with Crippen molar-refractivity contribution in [3.05, 3.63) is 12.2 Å². The van der Waals surface area contributed by atoms with Crippen molar-refractivity contribution in [2.75, 3.05) is 0 Å². The third-order valence-electron chi connectivity index (χ3n) is 0.839. The first-order valence-corrected chi connectivity index (χ1v) is 3.02. The van der Waals surface area contributed by atoms with Gasteiger partial charge in [-0.2, -0.15) is 0 Å². The molecule has 0 unspecified atom stereocenters. The first kappa shape index (κ1) is 8.26. The van der Waals surface area contributed by atoms with Crippen molar-refractivity contribution < 1.29 is 5.11 Å². The summed E-state index contributed by atoms with van der Waals surface area (Å²) in [4.78, 5) is 0. The molecule has 0 rings (SSSR count). The fourth-order valence-corrected chi connectivity index (χ4v) is 0.309. The molecule has 0 fully saturated rings. The lowest BCUT2D eigenvalue weighted by atomic mass is 10.2. The van der Waals surface area contributed by atoms with Gasteiger partial charge in [-0.25, -0.2) is 0 Å². The van der Waals surface area contributed by atoms with E-state index < -0.39 is 6.10 Å². The summed E-state index contributed by atoms with van der Waals surface area (Å²) in [5, 5.41) is 8.89. The van der Waals surface area contributed by atoms with Crippen molar-refractivity contribution in [1.29, 1.82) is 0 Å². The molecule has 0 aromatic heterocycles. The van der Waals surface area contributed by atoms with Crippen LogP contribution in [0.25, 0.3) is 0 Å². The molecule has 0 radical (unpaired) electrons. The Kier molecular flexibility index (Phi) is 3.83. The largest absolute Gasteiger partial charge is 0.380 e. The minimum Gasteiger partial charge on any atom is -0.380 e. The van der Waals surface area contributed by atoms with Crippen LogP contribution in [0.1, 0.15) is 20.3 Å². The fourth-order valence-electron chi connectivity index (χ4n) is 0.309. The molecule has 0 aliphatic heterocycles. The molecule has 0 aromatic rings. The van der Waals surface area contributed by atoms with Crippen LogP contribution < -0.4 is 0 Å². The highest BCUT2D eigenvalue weighted by Gasteiger charge is 1.89. The van der Waals surface area contributed by atoms with Gasteiger partial charge in [0.15, 0.2) is 0 Å². The van der Waals surface area contributed by atoms with Gasteiger partial charge in [0.1, 0.15) is 6.10 Å². The zero-order valence-corrected chi connectivity index (χ0v) is 5.94. The van der Waals surface area contributed by atoms with Crippen molar-refractivity contribution in [3.8, 4) is 11.8 Å². The first-order valence-electron chi connectivity index (χ1n) is 3.02. The molecule has 9 heavy (non-hydrogen) atoms. The van der Waals surface area contributed by atoms with Gasteiger partial charge in [0.2, 0.25) is 0 Å². The highest BCUT2D eigenvalue weighted by molar-refractivity contribution is 5.24. The normalized spacial score (nSPS) is 11.4. The highest BCUT2D eigenvalue weighted by Crippen LogP contribution is 1.87. The molecule has 0 aliphatic rings. The van der Waals surface area contributed by atoms with Crippen molar-refractivity contribution >= 4 is 0 Å². The number of hydrogen-bond acceptors (Lipinski definition) is 1. The Morgan fingerprint density at radius 1 is 1.78 bits per heavy atom. The minimum atomic E-state index is -0.485. The van der Waals surface area contributed by atoms with E-state index in [4.69, 9.17) is 5.11 Å². The Labute approximate surface area is 56.4 Å². The summed E-state index contributed by atoms with van der Waals surface area (Å²) in [7, 11) is 0. The average Bonchev–Trinajstić information content (AvgIpc) is 1.83. The second kappa shape index (κ2) is 4.17. The number of aliphatic hydroxyl groups excluding tert-OH is 1. The third-order valence-corrected chi connectivity index (χ3v) is 0.839. The van der Waals surface area contributed by atoms with Crippen molar-refractivity contribution in [2.24, 2.45) is 0 Å². The van der Waals surface area contributed by atoms with Gasteiger partial charge in [-0.15, -0.1) is 0 Å². The van der Waals surface area contributed by atoms with Crippen LogP contribution in [0, 0.1) is 11.8 Å². The first-order chi connectivity index (χ1) is 4.16.